The fourth-order valence-corrected chi connectivity index (χ4v) is 2.62. The number of rotatable bonds is 6. The summed E-state index contributed by atoms with van der Waals surface area (Å²) in [7, 11) is 0. The molecule has 0 aliphatic heterocycles. The fourth-order valence-electron chi connectivity index (χ4n) is 2.62. The van der Waals surface area contributed by atoms with Crippen LogP contribution in [0.25, 0.3) is 0 Å². The number of hydrogen-bond donors (Lipinski definition) is 1. The number of anilines is 1. The predicted octanol–water partition coefficient (Wildman–Crippen LogP) is 3.10. The summed E-state index contributed by atoms with van der Waals surface area (Å²) in [5.74, 6) is 1.19. The van der Waals surface area contributed by atoms with Gasteiger partial charge in [0.15, 0.2) is 0 Å². The summed E-state index contributed by atoms with van der Waals surface area (Å²) in [4.78, 5) is 20.6. The van der Waals surface area contributed by atoms with Gasteiger partial charge in [-0.25, -0.2) is 0 Å². The van der Waals surface area contributed by atoms with Gasteiger partial charge in [0.1, 0.15) is 5.69 Å². The molecular formula is C13H15N3O4. The molecular weight excluding hydrogens is 262 g/mol. The molecule has 0 heterocycles. The number of hydrogen-bond acceptors (Lipinski definition) is 5. The van der Waals surface area contributed by atoms with Gasteiger partial charge in [-0.15, -0.1) is 0 Å². The van der Waals surface area contributed by atoms with Crippen molar-refractivity contribution in [2.45, 2.75) is 31.7 Å². The second-order valence-corrected chi connectivity index (χ2v) is 5.56. The van der Waals surface area contributed by atoms with Crippen LogP contribution in [0.1, 0.15) is 25.7 Å². The van der Waals surface area contributed by atoms with Crippen molar-refractivity contribution in [2.75, 3.05) is 5.32 Å². The van der Waals surface area contributed by atoms with Gasteiger partial charge in [0.2, 0.25) is 0 Å². The Balaban J connectivity index is 1.87. The van der Waals surface area contributed by atoms with E-state index in [-0.39, 0.29) is 17.4 Å². The van der Waals surface area contributed by atoms with Crippen LogP contribution in [0.15, 0.2) is 18.2 Å². The first-order valence-electron chi connectivity index (χ1n) is 6.75. The minimum Gasteiger partial charge on any atom is -0.376 e. The standard InChI is InChI=1S/C13H15N3O4/c17-15(18)10-5-6-11(12(7-10)16(19)20)14-13(8-1-2-8)9-3-4-9/h5-9,13-14H,1-4H2. The van der Waals surface area contributed by atoms with Gasteiger partial charge in [-0.3, -0.25) is 20.2 Å². The molecule has 0 aromatic heterocycles. The van der Waals surface area contributed by atoms with Crippen molar-refractivity contribution >= 4 is 17.1 Å². The topological polar surface area (TPSA) is 98.3 Å². The lowest BCUT2D eigenvalue weighted by molar-refractivity contribution is -0.393. The molecule has 2 aliphatic rings. The first-order valence-corrected chi connectivity index (χ1v) is 6.75. The third kappa shape index (κ3) is 2.56. The van der Waals surface area contributed by atoms with Crippen LogP contribution in [-0.2, 0) is 0 Å². The number of nitro benzene ring substituents is 2. The number of non-ortho nitro benzene ring substituents is 1. The lowest BCUT2D eigenvalue weighted by Gasteiger charge is -2.18. The Morgan fingerprint density at radius 1 is 1.05 bits per heavy atom. The maximum Gasteiger partial charge on any atom is 0.299 e. The molecule has 0 bridgehead atoms. The van der Waals surface area contributed by atoms with Gasteiger partial charge in [-0.1, -0.05) is 0 Å². The summed E-state index contributed by atoms with van der Waals surface area (Å²) in [5.41, 5.74) is -0.0773. The van der Waals surface area contributed by atoms with E-state index in [2.05, 4.69) is 5.32 Å². The SMILES string of the molecule is O=[N+]([O-])c1ccc(NC(C2CC2)C2CC2)c([N+](=O)[O-])c1. The van der Waals surface area contributed by atoms with Crippen molar-refractivity contribution in [3.8, 4) is 0 Å². The van der Waals surface area contributed by atoms with Gasteiger partial charge in [0, 0.05) is 12.1 Å². The van der Waals surface area contributed by atoms with E-state index in [1.165, 1.54) is 12.1 Å². The van der Waals surface area contributed by atoms with E-state index in [0.717, 1.165) is 31.7 Å². The van der Waals surface area contributed by atoms with E-state index >= 15 is 0 Å². The Labute approximate surface area is 115 Å². The van der Waals surface area contributed by atoms with E-state index in [1.807, 2.05) is 0 Å². The lowest BCUT2D eigenvalue weighted by atomic mass is 10.1. The molecule has 3 rings (SSSR count). The smallest absolute Gasteiger partial charge is 0.299 e. The quantitative estimate of drug-likeness (QED) is 0.636. The van der Waals surface area contributed by atoms with Crippen molar-refractivity contribution in [3.63, 3.8) is 0 Å². The minimum atomic E-state index is -0.615. The highest BCUT2D eigenvalue weighted by Crippen LogP contribution is 2.46. The van der Waals surface area contributed by atoms with E-state index < -0.39 is 9.85 Å². The van der Waals surface area contributed by atoms with Crippen molar-refractivity contribution < 1.29 is 9.85 Å². The predicted molar refractivity (Wildman–Crippen MR) is 72.6 cm³/mol. The van der Waals surface area contributed by atoms with Crippen LogP contribution in [0.4, 0.5) is 17.1 Å². The molecule has 1 aromatic carbocycles. The average molecular weight is 277 g/mol. The van der Waals surface area contributed by atoms with E-state index in [4.69, 9.17) is 0 Å². The van der Waals surface area contributed by atoms with Crippen LogP contribution in [0, 0.1) is 32.1 Å². The molecule has 0 saturated heterocycles. The molecule has 2 saturated carbocycles. The molecule has 2 fully saturated rings. The third-order valence-corrected chi connectivity index (χ3v) is 3.97. The molecule has 0 radical (unpaired) electrons. The molecule has 0 spiro atoms. The molecule has 0 amide bonds. The van der Waals surface area contributed by atoms with E-state index in [0.29, 0.717) is 17.5 Å². The summed E-state index contributed by atoms with van der Waals surface area (Å²) < 4.78 is 0. The summed E-state index contributed by atoms with van der Waals surface area (Å²) in [6.45, 7) is 0. The molecule has 0 unspecified atom stereocenters. The molecule has 0 atom stereocenters. The molecule has 106 valence electrons. The zero-order chi connectivity index (χ0) is 14.3. The fraction of sp³-hybridized carbons (Fsp3) is 0.538. The van der Waals surface area contributed by atoms with Crippen molar-refractivity contribution in [2.24, 2.45) is 11.8 Å². The zero-order valence-electron chi connectivity index (χ0n) is 10.8. The molecule has 7 nitrogen and oxygen atoms in total. The molecule has 20 heavy (non-hydrogen) atoms. The molecule has 7 heteroatoms. The summed E-state index contributed by atoms with van der Waals surface area (Å²) in [6, 6.07) is 4.06. The third-order valence-electron chi connectivity index (χ3n) is 3.97. The van der Waals surface area contributed by atoms with Gasteiger partial charge in [0.25, 0.3) is 11.4 Å². The Morgan fingerprint density at radius 2 is 1.65 bits per heavy atom. The van der Waals surface area contributed by atoms with Crippen molar-refractivity contribution in [3.05, 3.63) is 38.4 Å². The van der Waals surface area contributed by atoms with Crippen LogP contribution >= 0.6 is 0 Å². The molecule has 1 aromatic rings. The summed E-state index contributed by atoms with van der Waals surface area (Å²) >= 11 is 0. The Hall–Kier alpha value is -2.18. The van der Waals surface area contributed by atoms with Crippen molar-refractivity contribution in [1.29, 1.82) is 0 Å². The monoisotopic (exact) mass is 277 g/mol. The Morgan fingerprint density at radius 3 is 2.10 bits per heavy atom. The van der Waals surface area contributed by atoms with Crippen LogP contribution in [-0.4, -0.2) is 15.9 Å². The van der Waals surface area contributed by atoms with Crippen LogP contribution in [0.2, 0.25) is 0 Å². The first-order chi connectivity index (χ1) is 9.56. The van der Waals surface area contributed by atoms with E-state index in [1.54, 1.807) is 0 Å². The summed E-state index contributed by atoms with van der Waals surface area (Å²) in [6.07, 6.45) is 4.65. The highest BCUT2D eigenvalue weighted by atomic mass is 16.6. The Kier molecular flexibility index (Phi) is 3.04. The maximum atomic E-state index is 11.1. The van der Waals surface area contributed by atoms with Crippen LogP contribution in [0.3, 0.4) is 0 Å². The second kappa shape index (κ2) is 4.73. The van der Waals surface area contributed by atoms with E-state index in [9.17, 15) is 20.2 Å². The minimum absolute atomic E-state index is 0.217. The number of nitro groups is 2. The largest absolute Gasteiger partial charge is 0.376 e. The van der Waals surface area contributed by atoms with Gasteiger partial charge in [-0.05, 0) is 43.6 Å². The van der Waals surface area contributed by atoms with Gasteiger partial charge in [0.05, 0.1) is 15.9 Å². The normalized spacial score (nSPS) is 18.1. The molecule has 2 aliphatic carbocycles. The zero-order valence-corrected chi connectivity index (χ0v) is 10.8. The first kappa shape index (κ1) is 12.8. The van der Waals surface area contributed by atoms with Crippen molar-refractivity contribution in [1.82, 2.24) is 0 Å². The maximum absolute atomic E-state index is 11.1. The highest BCUT2D eigenvalue weighted by Gasteiger charge is 2.42. The highest BCUT2D eigenvalue weighted by molar-refractivity contribution is 5.65. The van der Waals surface area contributed by atoms with Crippen LogP contribution < -0.4 is 5.32 Å². The number of nitrogens with zero attached hydrogens (tertiary/aromatic N) is 2. The van der Waals surface area contributed by atoms with Gasteiger partial charge in [-0.2, -0.15) is 0 Å². The average Bonchev–Trinajstić information content (AvgIpc) is 3.28. The number of nitrogens with one attached hydrogen (secondary N) is 1. The number of benzene rings is 1. The second-order valence-electron chi connectivity index (χ2n) is 5.56. The van der Waals surface area contributed by atoms with Gasteiger partial charge >= 0.3 is 0 Å². The molecule has 1 N–H and O–H groups in total. The van der Waals surface area contributed by atoms with Crippen LogP contribution in [0.5, 0.6) is 0 Å². The lowest BCUT2D eigenvalue weighted by Crippen LogP contribution is -2.24. The summed E-state index contributed by atoms with van der Waals surface area (Å²) in [5, 5.41) is 25.1. The Bertz CT molecular complexity index is 555. The van der Waals surface area contributed by atoms with Gasteiger partial charge < -0.3 is 5.32 Å².